The van der Waals surface area contributed by atoms with E-state index in [1.165, 1.54) is 17.4 Å². The van der Waals surface area contributed by atoms with Crippen molar-refractivity contribution in [3.05, 3.63) is 97.1 Å². The average Bonchev–Trinajstić information content (AvgIpc) is 3.44. The van der Waals surface area contributed by atoms with Gasteiger partial charge in [0, 0.05) is 38.6 Å². The molecule has 1 amide bonds. The van der Waals surface area contributed by atoms with E-state index in [0.717, 1.165) is 14.9 Å². The molecule has 0 fully saturated rings. The van der Waals surface area contributed by atoms with Gasteiger partial charge >= 0.3 is 0 Å². The minimum atomic E-state index is -0.569. The lowest BCUT2D eigenvalue weighted by Crippen LogP contribution is -2.13. The third kappa shape index (κ3) is 5.92. The summed E-state index contributed by atoms with van der Waals surface area (Å²) in [6, 6.07) is 18.3. The maximum absolute atomic E-state index is 12.6. The molecular formula is C24H14BrCl2N3O2S. The van der Waals surface area contributed by atoms with Crippen LogP contribution in [0.15, 0.2) is 75.3 Å². The van der Waals surface area contributed by atoms with E-state index in [-0.39, 0.29) is 5.57 Å². The summed E-state index contributed by atoms with van der Waals surface area (Å²) >= 11 is 17.0. The summed E-state index contributed by atoms with van der Waals surface area (Å²) in [7, 11) is 0. The SMILES string of the molecule is N#CC(=Cc1ccc(-c2cc(Cl)ccc2Cl)o1)C(=O)Nc1ncc(Cc2ccc(Br)cc2)s1. The quantitative estimate of drug-likeness (QED) is 0.195. The Labute approximate surface area is 212 Å². The normalized spacial score (nSPS) is 11.3. The number of furan rings is 1. The predicted molar refractivity (Wildman–Crippen MR) is 135 cm³/mol. The molecule has 0 spiro atoms. The van der Waals surface area contributed by atoms with Gasteiger partial charge in [0.15, 0.2) is 5.13 Å². The summed E-state index contributed by atoms with van der Waals surface area (Å²) in [4.78, 5) is 17.8. The number of nitrogens with one attached hydrogen (secondary N) is 1. The van der Waals surface area contributed by atoms with E-state index in [4.69, 9.17) is 27.6 Å². The Morgan fingerprint density at radius 2 is 1.97 bits per heavy atom. The molecule has 9 heteroatoms. The number of carbonyl (C=O) groups excluding carboxylic acids is 1. The van der Waals surface area contributed by atoms with E-state index in [0.29, 0.717) is 38.7 Å². The Bertz CT molecular complexity index is 1390. The van der Waals surface area contributed by atoms with Crippen LogP contribution in [0.3, 0.4) is 0 Å². The highest BCUT2D eigenvalue weighted by atomic mass is 79.9. The van der Waals surface area contributed by atoms with Gasteiger partial charge in [0.05, 0.1) is 5.02 Å². The molecule has 0 saturated heterocycles. The molecule has 164 valence electrons. The molecule has 1 N–H and O–H groups in total. The maximum Gasteiger partial charge on any atom is 0.268 e. The molecule has 2 heterocycles. The minimum Gasteiger partial charge on any atom is -0.457 e. The topological polar surface area (TPSA) is 78.9 Å². The van der Waals surface area contributed by atoms with Crippen molar-refractivity contribution in [3.63, 3.8) is 0 Å². The van der Waals surface area contributed by atoms with Gasteiger partial charge in [0.2, 0.25) is 0 Å². The van der Waals surface area contributed by atoms with Crippen LogP contribution in [0.2, 0.25) is 10.0 Å². The highest BCUT2D eigenvalue weighted by Gasteiger charge is 2.14. The molecule has 33 heavy (non-hydrogen) atoms. The first-order valence-electron chi connectivity index (χ1n) is 9.59. The number of aromatic nitrogens is 1. The second-order valence-electron chi connectivity index (χ2n) is 6.89. The van der Waals surface area contributed by atoms with Gasteiger partial charge in [-0.15, -0.1) is 11.3 Å². The monoisotopic (exact) mass is 557 g/mol. The molecule has 4 rings (SSSR count). The predicted octanol–water partition coefficient (Wildman–Crippen LogP) is 7.61. The summed E-state index contributed by atoms with van der Waals surface area (Å²) < 4.78 is 6.76. The zero-order valence-corrected chi connectivity index (χ0v) is 20.7. The second-order valence-corrected chi connectivity index (χ2v) is 9.76. The molecule has 0 aliphatic heterocycles. The van der Waals surface area contributed by atoms with Gasteiger partial charge in [0.1, 0.15) is 23.2 Å². The van der Waals surface area contributed by atoms with E-state index >= 15 is 0 Å². The molecule has 0 aliphatic carbocycles. The number of benzene rings is 2. The van der Waals surface area contributed by atoms with Crippen molar-refractivity contribution >= 4 is 67.6 Å². The average molecular weight is 559 g/mol. The molecule has 0 radical (unpaired) electrons. The van der Waals surface area contributed by atoms with Crippen molar-refractivity contribution in [2.24, 2.45) is 0 Å². The zero-order valence-electron chi connectivity index (χ0n) is 16.8. The summed E-state index contributed by atoms with van der Waals surface area (Å²) in [5.41, 5.74) is 1.64. The fourth-order valence-electron chi connectivity index (χ4n) is 2.97. The highest BCUT2D eigenvalue weighted by molar-refractivity contribution is 9.10. The lowest BCUT2D eigenvalue weighted by molar-refractivity contribution is -0.112. The highest BCUT2D eigenvalue weighted by Crippen LogP contribution is 2.32. The fraction of sp³-hybridized carbons (Fsp3) is 0.0417. The number of amides is 1. The molecule has 5 nitrogen and oxygen atoms in total. The first kappa shape index (κ1) is 23.3. The lowest BCUT2D eigenvalue weighted by Gasteiger charge is -2.01. The Hall–Kier alpha value is -2.89. The largest absolute Gasteiger partial charge is 0.457 e. The molecule has 2 aromatic heterocycles. The molecule has 0 saturated carbocycles. The number of hydrogen-bond donors (Lipinski definition) is 1. The Balaban J connectivity index is 1.46. The number of hydrogen-bond acceptors (Lipinski definition) is 5. The summed E-state index contributed by atoms with van der Waals surface area (Å²) in [6.45, 7) is 0. The number of carbonyl (C=O) groups is 1. The van der Waals surface area contributed by atoms with E-state index in [1.54, 1.807) is 36.5 Å². The van der Waals surface area contributed by atoms with Crippen LogP contribution >= 0.6 is 50.5 Å². The number of thiazole rings is 1. The van der Waals surface area contributed by atoms with Crippen LogP contribution in [0.1, 0.15) is 16.2 Å². The van der Waals surface area contributed by atoms with Gasteiger partial charge in [-0.3, -0.25) is 10.1 Å². The van der Waals surface area contributed by atoms with Gasteiger partial charge in [0.25, 0.3) is 5.91 Å². The van der Waals surface area contributed by atoms with E-state index in [1.807, 2.05) is 30.3 Å². The smallest absolute Gasteiger partial charge is 0.268 e. The standard InChI is InChI=1S/C24H14BrCl2N3O2S/c25-16-3-1-14(2-4-16)9-19-13-29-24(33-19)30-23(31)15(12-28)10-18-6-8-22(32-18)20-11-17(26)5-7-21(20)27/h1-8,10-11,13H,9H2,(H,29,30,31). The van der Waals surface area contributed by atoms with Crippen LogP contribution < -0.4 is 5.32 Å². The van der Waals surface area contributed by atoms with Gasteiger partial charge in [-0.05, 0) is 48.0 Å². The van der Waals surface area contributed by atoms with E-state index in [9.17, 15) is 10.1 Å². The van der Waals surface area contributed by atoms with E-state index in [2.05, 4.69) is 26.2 Å². The van der Waals surface area contributed by atoms with Gasteiger partial charge < -0.3 is 4.42 Å². The number of anilines is 1. The van der Waals surface area contributed by atoms with Crippen molar-refractivity contribution in [3.8, 4) is 17.4 Å². The van der Waals surface area contributed by atoms with E-state index < -0.39 is 5.91 Å². The van der Waals surface area contributed by atoms with Crippen LogP contribution in [-0.4, -0.2) is 10.9 Å². The van der Waals surface area contributed by atoms with Gasteiger partial charge in [-0.1, -0.05) is 51.3 Å². The number of nitriles is 1. The molecule has 2 aromatic carbocycles. The van der Waals surface area contributed by atoms with Crippen LogP contribution in [0, 0.1) is 11.3 Å². The van der Waals surface area contributed by atoms with Crippen molar-refractivity contribution in [1.29, 1.82) is 5.26 Å². The lowest BCUT2D eigenvalue weighted by atomic mass is 10.1. The first-order chi connectivity index (χ1) is 15.9. The van der Waals surface area contributed by atoms with Gasteiger partial charge in [-0.25, -0.2) is 4.98 Å². The van der Waals surface area contributed by atoms with Crippen molar-refractivity contribution in [2.75, 3.05) is 5.32 Å². The van der Waals surface area contributed by atoms with Crippen LogP contribution in [0.25, 0.3) is 17.4 Å². The fourth-order valence-corrected chi connectivity index (χ4v) is 4.46. The first-order valence-corrected chi connectivity index (χ1v) is 12.0. The molecule has 0 atom stereocenters. The molecule has 0 unspecified atom stereocenters. The number of halogens is 3. The number of rotatable bonds is 6. The summed E-state index contributed by atoms with van der Waals surface area (Å²) in [5.74, 6) is 0.243. The van der Waals surface area contributed by atoms with Crippen LogP contribution in [0.4, 0.5) is 5.13 Å². The molecular weight excluding hydrogens is 545 g/mol. The number of nitrogens with zero attached hydrogens (tertiary/aromatic N) is 2. The van der Waals surface area contributed by atoms with Crippen molar-refractivity contribution < 1.29 is 9.21 Å². The molecule has 0 bridgehead atoms. The van der Waals surface area contributed by atoms with Crippen LogP contribution in [-0.2, 0) is 11.2 Å². The molecule has 0 aliphatic rings. The third-order valence-electron chi connectivity index (χ3n) is 4.54. The third-order valence-corrected chi connectivity index (χ3v) is 6.54. The van der Waals surface area contributed by atoms with Crippen molar-refractivity contribution in [1.82, 2.24) is 4.98 Å². The van der Waals surface area contributed by atoms with Crippen molar-refractivity contribution in [2.45, 2.75) is 6.42 Å². The summed E-state index contributed by atoms with van der Waals surface area (Å²) in [6.07, 6.45) is 3.78. The Kier molecular flexibility index (Phi) is 7.31. The Morgan fingerprint density at radius 1 is 1.18 bits per heavy atom. The maximum atomic E-state index is 12.6. The molecule has 4 aromatic rings. The van der Waals surface area contributed by atoms with Gasteiger partial charge in [-0.2, -0.15) is 5.26 Å². The summed E-state index contributed by atoms with van der Waals surface area (Å²) in [5, 5.41) is 13.6. The zero-order chi connectivity index (χ0) is 23.4. The van der Waals surface area contributed by atoms with Crippen LogP contribution in [0.5, 0.6) is 0 Å². The minimum absolute atomic E-state index is 0.113. The Morgan fingerprint density at radius 3 is 2.73 bits per heavy atom. The second kappa shape index (κ2) is 10.4.